The van der Waals surface area contributed by atoms with Crippen LogP contribution in [-0.2, 0) is 0 Å². The van der Waals surface area contributed by atoms with E-state index in [4.69, 9.17) is 19.9 Å². The molecule has 0 atom stereocenters. The molecule has 0 unspecified atom stereocenters. The van der Waals surface area contributed by atoms with Crippen LogP contribution in [-0.4, -0.2) is 39.9 Å². The molecule has 6 aromatic heterocycles. The minimum atomic E-state index is 0.581. The van der Waals surface area contributed by atoms with E-state index >= 15 is 0 Å². The molecule has 0 amide bonds. The Labute approximate surface area is 742 Å². The van der Waals surface area contributed by atoms with Crippen LogP contribution in [0.25, 0.3) is 182 Å². The topological polar surface area (TPSA) is 115 Å². The molecular formula is C118H114N8. The molecule has 0 spiro atoms. The first-order chi connectivity index (χ1) is 62.4. The molecule has 10 heterocycles. The summed E-state index contributed by atoms with van der Waals surface area (Å²) in [6.45, 7) is 0. The third-order valence-electron chi connectivity index (χ3n) is 30.6. The fourth-order valence-corrected chi connectivity index (χ4v) is 23.8. The second-order valence-corrected chi connectivity index (χ2v) is 38.3. The van der Waals surface area contributed by atoms with E-state index in [1.54, 1.807) is 0 Å². The van der Waals surface area contributed by atoms with Gasteiger partial charge in [-0.1, -0.05) is 285 Å². The number of benzene rings is 7. The quantitative estimate of drug-likeness (QED) is 0.0868. The smallest absolute Gasteiger partial charge is 0.0737 e. The summed E-state index contributed by atoms with van der Waals surface area (Å²) in [5.74, 6) is 3.53. The molecule has 6 fully saturated rings. The van der Waals surface area contributed by atoms with E-state index in [0.717, 1.165) is 179 Å². The molecule has 4 aliphatic heterocycles. The average molecular weight is 1640 g/mol. The molecule has 8 heteroatoms. The molecule has 626 valence electrons. The van der Waals surface area contributed by atoms with Gasteiger partial charge in [-0.3, -0.25) is 0 Å². The maximum absolute atomic E-state index is 5.92. The van der Waals surface area contributed by atoms with Crippen LogP contribution in [0.15, 0.2) is 218 Å². The summed E-state index contributed by atoms with van der Waals surface area (Å²) in [4.78, 5) is 40.1. The Balaban J connectivity index is 0.735. The zero-order valence-corrected chi connectivity index (χ0v) is 72.9. The Kier molecular flexibility index (Phi) is 21.5. The van der Waals surface area contributed by atoms with Crippen LogP contribution < -0.4 is 0 Å². The lowest BCUT2D eigenvalue weighted by Crippen LogP contribution is -2.04. The molecule has 23 rings (SSSR count). The lowest BCUT2D eigenvalue weighted by molar-refractivity contribution is 0.443. The fraction of sp³-hybridized carbons (Fsp3) is 0.305. The number of aromatic amines is 4. The van der Waals surface area contributed by atoms with Crippen molar-refractivity contribution in [2.24, 2.45) is 0 Å². The lowest BCUT2D eigenvalue weighted by Gasteiger charge is -2.22. The molecule has 10 aliphatic rings. The molecule has 0 saturated heterocycles. The Morgan fingerprint density at radius 3 is 0.389 bits per heavy atom. The SMILES string of the molecule is C1=Cc2nc1c(-c1ccc(-c3c4nc(c(-c5ccc(C6CCCCC6)cc5)c5ccc([nH]5)c(-c5ccc(C6CCCCC6)cc5)c5nc(c(-c6ccc(C7CCCCC7)cc6)c6ccc3[nH]6)C=C5)C=C4)cc1)c1ccc([nH]1)c(-c1ccc(C3CCCCC3)cc1)c1nc(c(-c3ccc(C4CCCCC4)cc3)c3ccc([nH]3)c2-c2ccc(C3CCCCC3)cc2)C=C1. The highest BCUT2D eigenvalue weighted by atomic mass is 14.8. The van der Waals surface area contributed by atoms with Gasteiger partial charge in [0.25, 0.3) is 0 Å². The monoisotopic (exact) mass is 1640 g/mol. The maximum atomic E-state index is 5.92. The van der Waals surface area contributed by atoms with Gasteiger partial charge in [0.2, 0.25) is 0 Å². The number of nitrogens with one attached hydrogen (secondary N) is 4. The van der Waals surface area contributed by atoms with Crippen molar-refractivity contribution in [3.63, 3.8) is 0 Å². The summed E-state index contributed by atoms with van der Waals surface area (Å²) in [5.41, 5.74) is 41.3. The van der Waals surface area contributed by atoms with E-state index in [0.29, 0.717) is 35.5 Å². The van der Waals surface area contributed by atoms with Crippen LogP contribution in [0.4, 0.5) is 0 Å². The van der Waals surface area contributed by atoms with Crippen molar-refractivity contribution in [3.8, 4) is 89.0 Å². The standard InChI is InChI=1S/C118H114N8/c1-7-19-75(20-8-1)81-31-43-87(44-32-81)111-95-59-63-99(119-95)113(89-47-35-83(36-48-89)77-23-11-3-12-24-77)103-67-71-107(123-103)117(108-72-68-104(124-108)114(100-64-60-96(111)120-100)90-49-37-84(38-50-90)78-25-13-4-14-26-78)93-55-57-94(58-56-93)118-109-73-69-105(125-109)115(91-51-39-85(40-52-91)79-27-15-5-16-28-79)101-65-61-97(121-101)112(88-45-33-82(34-46-88)76-21-9-2-10-22-76)98-62-66-102(122-98)116(106-70-74-110(118)126-106)92-53-41-86(42-54-92)80-29-17-6-18-30-80/h31-80,119,121,124,126H,1-30H2. The summed E-state index contributed by atoms with van der Waals surface area (Å²) in [6.07, 6.45) is 56.6. The van der Waals surface area contributed by atoms with E-state index in [2.05, 4.69) is 287 Å². The third-order valence-corrected chi connectivity index (χ3v) is 30.6. The van der Waals surface area contributed by atoms with Crippen LogP contribution in [0.5, 0.6) is 0 Å². The summed E-state index contributed by atoms with van der Waals surface area (Å²) in [6, 6.07) is 84.9. The minimum absolute atomic E-state index is 0.581. The molecule has 6 saturated carbocycles. The number of rotatable bonds is 14. The zero-order chi connectivity index (χ0) is 83.4. The Morgan fingerprint density at radius 2 is 0.262 bits per heavy atom. The average Bonchev–Trinajstić information content (AvgIpc) is 1.61. The molecule has 13 aromatic rings. The highest BCUT2D eigenvalue weighted by Crippen LogP contribution is 2.48. The molecule has 126 heavy (non-hydrogen) atoms. The van der Waals surface area contributed by atoms with Gasteiger partial charge >= 0.3 is 0 Å². The number of fused-ring (bicyclic) bond motifs is 16. The van der Waals surface area contributed by atoms with Crippen LogP contribution in [0, 0.1) is 0 Å². The van der Waals surface area contributed by atoms with Crippen molar-refractivity contribution in [2.45, 2.75) is 228 Å². The number of hydrogen-bond donors (Lipinski definition) is 4. The van der Waals surface area contributed by atoms with Gasteiger partial charge in [-0.05, 0) is 288 Å². The highest BCUT2D eigenvalue weighted by Gasteiger charge is 2.28. The lowest BCUT2D eigenvalue weighted by atomic mass is 9.83. The Morgan fingerprint density at radius 1 is 0.143 bits per heavy atom. The molecule has 8 nitrogen and oxygen atoms in total. The Bertz CT molecular complexity index is 6210. The van der Waals surface area contributed by atoms with Crippen LogP contribution >= 0.6 is 0 Å². The van der Waals surface area contributed by atoms with Gasteiger partial charge in [-0.2, -0.15) is 0 Å². The second kappa shape index (κ2) is 34.6. The molecule has 0 radical (unpaired) electrons. The molecule has 6 aliphatic carbocycles. The van der Waals surface area contributed by atoms with Crippen LogP contribution in [0.2, 0.25) is 0 Å². The van der Waals surface area contributed by atoms with Crippen molar-refractivity contribution in [1.29, 1.82) is 0 Å². The van der Waals surface area contributed by atoms with Gasteiger partial charge in [0, 0.05) is 88.6 Å². The highest BCUT2D eigenvalue weighted by molar-refractivity contribution is 6.04. The first kappa shape index (κ1) is 78.5. The van der Waals surface area contributed by atoms with Crippen molar-refractivity contribution in [1.82, 2.24) is 39.9 Å². The van der Waals surface area contributed by atoms with Crippen molar-refractivity contribution >= 4 is 92.7 Å². The predicted molar refractivity (Wildman–Crippen MR) is 530 cm³/mol. The summed E-state index contributed by atoms with van der Waals surface area (Å²) in [7, 11) is 0. The molecule has 7 aromatic carbocycles. The van der Waals surface area contributed by atoms with E-state index in [9.17, 15) is 0 Å². The zero-order valence-electron chi connectivity index (χ0n) is 72.9. The molecular weight excluding hydrogens is 1530 g/mol. The van der Waals surface area contributed by atoms with E-state index in [1.165, 1.54) is 226 Å². The first-order valence-electron chi connectivity index (χ1n) is 48.5. The van der Waals surface area contributed by atoms with Crippen molar-refractivity contribution in [2.75, 3.05) is 0 Å². The third kappa shape index (κ3) is 15.5. The van der Waals surface area contributed by atoms with Crippen molar-refractivity contribution in [3.05, 3.63) is 297 Å². The normalized spacial score (nSPS) is 17.5. The van der Waals surface area contributed by atoms with Gasteiger partial charge in [-0.15, -0.1) is 0 Å². The maximum Gasteiger partial charge on any atom is 0.0737 e. The largest absolute Gasteiger partial charge is 0.354 e. The number of nitrogens with zero attached hydrogens (tertiary/aromatic N) is 4. The fourth-order valence-electron chi connectivity index (χ4n) is 23.8. The number of hydrogen-bond acceptors (Lipinski definition) is 4. The van der Waals surface area contributed by atoms with Crippen molar-refractivity contribution < 1.29 is 0 Å². The van der Waals surface area contributed by atoms with Gasteiger partial charge in [0.15, 0.2) is 0 Å². The van der Waals surface area contributed by atoms with Gasteiger partial charge < -0.3 is 19.9 Å². The van der Waals surface area contributed by atoms with E-state index in [-0.39, 0.29) is 0 Å². The summed E-state index contributed by atoms with van der Waals surface area (Å²) >= 11 is 0. The minimum Gasteiger partial charge on any atom is -0.354 e. The van der Waals surface area contributed by atoms with Gasteiger partial charge in [0.1, 0.15) is 0 Å². The van der Waals surface area contributed by atoms with Crippen LogP contribution in [0.3, 0.4) is 0 Å². The first-order valence-corrected chi connectivity index (χ1v) is 48.5. The van der Waals surface area contributed by atoms with Gasteiger partial charge in [0.05, 0.1) is 45.6 Å². The number of aromatic nitrogens is 8. The van der Waals surface area contributed by atoms with E-state index < -0.39 is 0 Å². The summed E-state index contributed by atoms with van der Waals surface area (Å²) in [5, 5.41) is 0. The Hall–Kier alpha value is -12.3. The summed E-state index contributed by atoms with van der Waals surface area (Å²) < 4.78 is 0. The molecule has 16 bridgehead atoms. The van der Waals surface area contributed by atoms with Crippen LogP contribution in [0.1, 0.15) is 307 Å². The molecule has 4 N–H and O–H groups in total. The van der Waals surface area contributed by atoms with Gasteiger partial charge in [-0.25, -0.2) is 19.9 Å². The number of H-pyrrole nitrogens is 4. The van der Waals surface area contributed by atoms with E-state index in [1.807, 2.05) is 0 Å². The predicted octanol–water partition coefficient (Wildman–Crippen LogP) is 33.2. The second-order valence-electron chi connectivity index (χ2n) is 38.3.